The predicted octanol–water partition coefficient (Wildman–Crippen LogP) is 4.99. The number of methoxy groups -OCH3 is 1. The molecule has 2 N–H and O–H groups in total. The van der Waals surface area contributed by atoms with Crippen molar-refractivity contribution in [3.63, 3.8) is 0 Å². The molecular formula is C26H30ClNO3. The smallest absolute Gasteiger partial charge is 0.138 e. The summed E-state index contributed by atoms with van der Waals surface area (Å²) < 4.78 is 5.29. The van der Waals surface area contributed by atoms with E-state index in [1.54, 1.807) is 7.11 Å². The SMILES string of the molecule is COc1ccc2cc(C(O)C(C)N3CCC(O)(Cc4ccccc4)CC3)ccc2c1Cl. The van der Waals surface area contributed by atoms with Gasteiger partial charge in [0.15, 0.2) is 0 Å². The normalized spacial score (nSPS) is 18.6. The van der Waals surface area contributed by atoms with Gasteiger partial charge in [-0.05, 0) is 48.4 Å². The Morgan fingerprint density at radius 1 is 1.06 bits per heavy atom. The van der Waals surface area contributed by atoms with E-state index in [9.17, 15) is 10.2 Å². The van der Waals surface area contributed by atoms with Gasteiger partial charge >= 0.3 is 0 Å². The molecule has 0 spiro atoms. The van der Waals surface area contributed by atoms with Gasteiger partial charge in [0, 0.05) is 30.9 Å². The largest absolute Gasteiger partial charge is 0.495 e. The Morgan fingerprint density at radius 2 is 1.77 bits per heavy atom. The molecule has 1 aliphatic rings. The molecule has 3 aromatic rings. The van der Waals surface area contributed by atoms with Crippen LogP contribution in [0.5, 0.6) is 5.75 Å². The standard InChI is InChI=1S/C26H30ClNO3/c1-18(28-14-12-26(30,13-15-28)17-19-6-4-3-5-7-19)25(29)21-8-10-22-20(16-21)9-11-23(31-2)24(22)27/h3-11,16,18,25,29-30H,12-15,17H2,1-2H3. The second-order valence-electron chi connectivity index (χ2n) is 8.67. The van der Waals surface area contributed by atoms with E-state index in [1.165, 1.54) is 0 Å². The molecule has 0 amide bonds. The van der Waals surface area contributed by atoms with Gasteiger partial charge in [0.25, 0.3) is 0 Å². The predicted molar refractivity (Wildman–Crippen MR) is 126 cm³/mol. The van der Waals surface area contributed by atoms with Crippen LogP contribution in [-0.2, 0) is 6.42 Å². The number of rotatable bonds is 6. The van der Waals surface area contributed by atoms with Gasteiger partial charge in [-0.25, -0.2) is 0 Å². The van der Waals surface area contributed by atoms with Gasteiger partial charge in [0.2, 0.25) is 0 Å². The van der Waals surface area contributed by atoms with Crippen LogP contribution in [0.2, 0.25) is 5.02 Å². The monoisotopic (exact) mass is 439 g/mol. The summed E-state index contributed by atoms with van der Waals surface area (Å²) in [6.45, 7) is 3.58. The van der Waals surface area contributed by atoms with Crippen molar-refractivity contribution in [2.24, 2.45) is 0 Å². The lowest BCUT2D eigenvalue weighted by molar-refractivity contribution is -0.0456. The summed E-state index contributed by atoms with van der Waals surface area (Å²) in [5, 5.41) is 24.6. The number of halogens is 1. The van der Waals surface area contributed by atoms with Crippen molar-refractivity contribution in [1.29, 1.82) is 0 Å². The molecule has 4 rings (SSSR count). The van der Waals surface area contributed by atoms with Gasteiger partial charge in [-0.15, -0.1) is 0 Å². The Balaban J connectivity index is 1.43. The zero-order valence-corrected chi connectivity index (χ0v) is 18.8. The molecule has 1 saturated heterocycles. The molecule has 1 aliphatic heterocycles. The number of aliphatic hydroxyl groups excluding tert-OH is 1. The summed E-state index contributed by atoms with van der Waals surface area (Å²) in [5.41, 5.74) is 1.35. The third kappa shape index (κ3) is 4.73. The summed E-state index contributed by atoms with van der Waals surface area (Å²) in [6.07, 6.45) is 1.46. The molecule has 2 atom stereocenters. The molecule has 0 saturated carbocycles. The fourth-order valence-electron chi connectivity index (χ4n) is 4.61. The highest BCUT2D eigenvalue weighted by molar-refractivity contribution is 6.37. The van der Waals surface area contributed by atoms with Crippen molar-refractivity contribution in [2.45, 2.75) is 43.9 Å². The average molecular weight is 440 g/mol. The first kappa shape index (κ1) is 22.1. The summed E-state index contributed by atoms with van der Waals surface area (Å²) in [6, 6.07) is 19.8. The number of piperidine rings is 1. The second-order valence-corrected chi connectivity index (χ2v) is 9.05. The molecular weight excluding hydrogens is 410 g/mol. The van der Waals surface area contributed by atoms with Crippen LogP contribution >= 0.6 is 11.6 Å². The highest BCUT2D eigenvalue weighted by Gasteiger charge is 2.35. The number of hydrogen-bond acceptors (Lipinski definition) is 4. The van der Waals surface area contributed by atoms with Crippen LogP contribution in [-0.4, -0.2) is 47.0 Å². The molecule has 5 heteroatoms. The van der Waals surface area contributed by atoms with Crippen LogP contribution in [0, 0.1) is 0 Å². The average Bonchev–Trinajstić information content (AvgIpc) is 2.79. The van der Waals surface area contributed by atoms with Crippen molar-refractivity contribution in [1.82, 2.24) is 4.90 Å². The first-order valence-electron chi connectivity index (χ1n) is 10.8. The highest BCUT2D eigenvalue weighted by Crippen LogP contribution is 2.35. The molecule has 0 bridgehead atoms. The Morgan fingerprint density at radius 3 is 2.45 bits per heavy atom. The lowest BCUT2D eigenvalue weighted by Gasteiger charge is -2.42. The van der Waals surface area contributed by atoms with Gasteiger partial charge < -0.3 is 14.9 Å². The topological polar surface area (TPSA) is 52.9 Å². The first-order chi connectivity index (χ1) is 14.9. The maximum Gasteiger partial charge on any atom is 0.138 e. The van der Waals surface area contributed by atoms with Gasteiger partial charge in [0.1, 0.15) is 5.75 Å². The molecule has 3 aromatic carbocycles. The lowest BCUT2D eigenvalue weighted by atomic mass is 9.84. The van der Waals surface area contributed by atoms with E-state index < -0.39 is 11.7 Å². The van der Waals surface area contributed by atoms with E-state index in [0.29, 0.717) is 30.0 Å². The second kappa shape index (κ2) is 9.17. The first-order valence-corrected chi connectivity index (χ1v) is 11.2. The molecule has 0 radical (unpaired) electrons. The quantitative estimate of drug-likeness (QED) is 0.568. The highest BCUT2D eigenvalue weighted by atomic mass is 35.5. The van der Waals surface area contributed by atoms with Crippen molar-refractivity contribution in [3.8, 4) is 5.75 Å². The fraction of sp³-hybridized carbons (Fsp3) is 0.385. The van der Waals surface area contributed by atoms with Gasteiger partial charge in [-0.1, -0.05) is 60.1 Å². The van der Waals surface area contributed by atoms with Crippen LogP contribution in [0.1, 0.15) is 37.0 Å². The van der Waals surface area contributed by atoms with E-state index in [0.717, 1.165) is 35.0 Å². The van der Waals surface area contributed by atoms with E-state index in [2.05, 4.69) is 24.0 Å². The molecule has 31 heavy (non-hydrogen) atoms. The molecule has 0 aliphatic carbocycles. The van der Waals surface area contributed by atoms with E-state index in [1.807, 2.05) is 48.5 Å². The molecule has 1 fully saturated rings. The van der Waals surface area contributed by atoms with Crippen LogP contribution in [0.25, 0.3) is 10.8 Å². The number of fused-ring (bicyclic) bond motifs is 1. The number of nitrogens with zero attached hydrogens (tertiary/aromatic N) is 1. The Hall–Kier alpha value is -2.11. The van der Waals surface area contributed by atoms with Crippen LogP contribution in [0.4, 0.5) is 0 Å². The fourth-order valence-corrected chi connectivity index (χ4v) is 4.92. The minimum Gasteiger partial charge on any atom is -0.495 e. The molecule has 164 valence electrons. The number of aliphatic hydroxyl groups is 2. The zero-order valence-electron chi connectivity index (χ0n) is 18.1. The third-order valence-electron chi connectivity index (χ3n) is 6.64. The van der Waals surface area contributed by atoms with Crippen LogP contribution in [0.3, 0.4) is 0 Å². The molecule has 1 heterocycles. The minimum absolute atomic E-state index is 0.0487. The van der Waals surface area contributed by atoms with Crippen LogP contribution < -0.4 is 4.74 Å². The maximum atomic E-state index is 11.1. The van der Waals surface area contributed by atoms with Crippen molar-refractivity contribution >= 4 is 22.4 Å². The summed E-state index contributed by atoms with van der Waals surface area (Å²) in [7, 11) is 1.60. The van der Waals surface area contributed by atoms with Crippen molar-refractivity contribution in [2.75, 3.05) is 20.2 Å². The molecule has 4 nitrogen and oxygen atoms in total. The third-order valence-corrected chi connectivity index (χ3v) is 7.03. The number of benzene rings is 3. The molecule has 2 unspecified atom stereocenters. The minimum atomic E-state index is -0.679. The summed E-state index contributed by atoms with van der Waals surface area (Å²) in [5.74, 6) is 0.645. The van der Waals surface area contributed by atoms with E-state index in [4.69, 9.17) is 16.3 Å². The maximum absolute atomic E-state index is 11.1. The van der Waals surface area contributed by atoms with Crippen molar-refractivity contribution < 1.29 is 14.9 Å². The van der Waals surface area contributed by atoms with Crippen LogP contribution in [0.15, 0.2) is 60.7 Å². The summed E-state index contributed by atoms with van der Waals surface area (Å²) in [4.78, 5) is 2.27. The number of hydrogen-bond donors (Lipinski definition) is 2. The van der Waals surface area contributed by atoms with E-state index >= 15 is 0 Å². The number of ether oxygens (including phenoxy) is 1. The Labute approximate surface area is 189 Å². The Bertz CT molecular complexity index is 1030. The van der Waals surface area contributed by atoms with Gasteiger partial charge in [-0.2, -0.15) is 0 Å². The Kier molecular flexibility index (Phi) is 6.54. The zero-order chi connectivity index (χ0) is 22.0. The lowest BCUT2D eigenvalue weighted by Crippen LogP contribution is -2.49. The molecule has 0 aromatic heterocycles. The summed E-state index contributed by atoms with van der Waals surface area (Å²) >= 11 is 6.42. The number of likely N-dealkylation sites (tertiary alicyclic amines) is 1. The van der Waals surface area contributed by atoms with Crippen molar-refractivity contribution in [3.05, 3.63) is 76.8 Å². The van der Waals surface area contributed by atoms with Gasteiger partial charge in [0.05, 0.1) is 23.8 Å². The van der Waals surface area contributed by atoms with Gasteiger partial charge in [-0.3, -0.25) is 4.90 Å². The van der Waals surface area contributed by atoms with E-state index in [-0.39, 0.29) is 6.04 Å².